The van der Waals surface area contributed by atoms with Crippen molar-refractivity contribution in [3.05, 3.63) is 65.1 Å². The van der Waals surface area contributed by atoms with E-state index in [2.05, 4.69) is 10.4 Å². The molecule has 0 spiro atoms. The third kappa shape index (κ3) is 3.59. The highest BCUT2D eigenvalue weighted by Crippen LogP contribution is 2.30. The van der Waals surface area contributed by atoms with E-state index < -0.39 is 5.69 Å². The number of ether oxygens (including phenoxy) is 2. The second kappa shape index (κ2) is 7.55. The molecule has 1 amide bonds. The fraction of sp³-hybridized carbons (Fsp3) is 0.263. The van der Waals surface area contributed by atoms with Gasteiger partial charge in [0.1, 0.15) is 13.2 Å². The van der Waals surface area contributed by atoms with Crippen molar-refractivity contribution in [3.8, 4) is 17.2 Å². The molecule has 1 aliphatic rings. The predicted molar refractivity (Wildman–Crippen MR) is 99.6 cm³/mol. The van der Waals surface area contributed by atoms with E-state index in [9.17, 15) is 9.59 Å². The molecule has 0 saturated heterocycles. The second-order valence-electron chi connectivity index (χ2n) is 6.44. The summed E-state index contributed by atoms with van der Waals surface area (Å²) in [4.78, 5) is 26.5. The van der Waals surface area contributed by atoms with Crippen molar-refractivity contribution in [1.82, 2.24) is 24.7 Å². The van der Waals surface area contributed by atoms with Gasteiger partial charge in [0.05, 0.1) is 12.2 Å². The molecule has 2 aromatic carbocycles. The minimum absolute atomic E-state index is 0.202. The molecule has 0 radical (unpaired) electrons. The Morgan fingerprint density at radius 3 is 2.61 bits per heavy atom. The van der Waals surface area contributed by atoms with E-state index in [1.807, 2.05) is 30.3 Å². The Morgan fingerprint density at radius 2 is 1.82 bits per heavy atom. The van der Waals surface area contributed by atoms with Gasteiger partial charge >= 0.3 is 5.69 Å². The predicted octanol–water partition coefficient (Wildman–Crippen LogP) is 0.727. The normalized spacial score (nSPS) is 15.2. The minimum Gasteiger partial charge on any atom is -0.486 e. The summed E-state index contributed by atoms with van der Waals surface area (Å²) in [5.74, 6) is 1.07. The molecular formula is C19H19N5O4. The number of carbonyl (C=O) groups excluding carboxylic acids is 1. The zero-order chi connectivity index (χ0) is 19.5. The molecule has 1 aromatic heterocycles. The van der Waals surface area contributed by atoms with Crippen LogP contribution in [0, 0.1) is 0 Å². The zero-order valence-corrected chi connectivity index (χ0v) is 15.3. The molecule has 9 nitrogen and oxygen atoms in total. The van der Waals surface area contributed by atoms with Crippen LogP contribution in [0.1, 0.15) is 0 Å². The number of tetrazole rings is 1. The van der Waals surface area contributed by atoms with Gasteiger partial charge in [0.25, 0.3) is 0 Å². The molecular weight excluding hydrogens is 362 g/mol. The highest BCUT2D eigenvalue weighted by atomic mass is 16.6. The number of fused-ring (bicyclic) bond motifs is 1. The smallest absolute Gasteiger partial charge is 0.368 e. The Labute approximate surface area is 160 Å². The van der Waals surface area contributed by atoms with Gasteiger partial charge in [0.2, 0.25) is 5.91 Å². The second-order valence-corrected chi connectivity index (χ2v) is 6.44. The van der Waals surface area contributed by atoms with Crippen molar-refractivity contribution in [3.63, 3.8) is 0 Å². The topological polar surface area (TPSA) is 91.5 Å². The Bertz CT molecular complexity index is 1030. The monoisotopic (exact) mass is 381 g/mol. The van der Waals surface area contributed by atoms with Crippen LogP contribution < -0.4 is 15.2 Å². The van der Waals surface area contributed by atoms with E-state index in [-0.39, 0.29) is 18.6 Å². The first-order valence-electron chi connectivity index (χ1n) is 8.82. The summed E-state index contributed by atoms with van der Waals surface area (Å²) >= 11 is 0. The summed E-state index contributed by atoms with van der Waals surface area (Å²) in [5, 5.41) is 7.65. The lowest BCUT2D eigenvalue weighted by molar-refractivity contribution is -0.132. The summed E-state index contributed by atoms with van der Waals surface area (Å²) < 4.78 is 13.7. The van der Waals surface area contributed by atoms with Crippen LogP contribution in [0.5, 0.6) is 11.5 Å². The number of rotatable bonds is 5. The molecule has 28 heavy (non-hydrogen) atoms. The van der Waals surface area contributed by atoms with Crippen LogP contribution in [0.4, 0.5) is 0 Å². The number of para-hydroxylation sites is 3. The standard InChI is InChI=1S/C19H19N5O4/c1-22(11-15-13-27-16-9-5-6-10-17(16)28-15)18(25)12-23-19(26)24(21-20-23)14-7-3-2-4-8-14/h2-10,15H,11-13H2,1H3/t15-/m0/s1. The van der Waals surface area contributed by atoms with Crippen molar-refractivity contribution in [2.75, 3.05) is 20.2 Å². The molecule has 2 heterocycles. The van der Waals surface area contributed by atoms with Crippen molar-refractivity contribution >= 4 is 5.91 Å². The molecule has 0 aliphatic carbocycles. The third-order valence-corrected chi connectivity index (χ3v) is 4.40. The summed E-state index contributed by atoms with van der Waals surface area (Å²) in [6.45, 7) is 0.472. The Morgan fingerprint density at radius 1 is 1.11 bits per heavy atom. The molecule has 9 heteroatoms. The average molecular weight is 381 g/mol. The summed E-state index contributed by atoms with van der Waals surface area (Å²) in [7, 11) is 1.65. The fourth-order valence-electron chi connectivity index (χ4n) is 2.91. The van der Waals surface area contributed by atoms with E-state index in [4.69, 9.17) is 9.47 Å². The first-order valence-corrected chi connectivity index (χ1v) is 8.82. The average Bonchev–Trinajstić information content (AvgIpc) is 3.08. The first-order chi connectivity index (χ1) is 13.6. The van der Waals surface area contributed by atoms with Crippen molar-refractivity contribution in [2.24, 2.45) is 0 Å². The van der Waals surface area contributed by atoms with Crippen molar-refractivity contribution in [2.45, 2.75) is 12.6 Å². The number of hydrogen-bond acceptors (Lipinski definition) is 6. The molecule has 0 bridgehead atoms. The van der Waals surface area contributed by atoms with Gasteiger partial charge in [0, 0.05) is 7.05 Å². The van der Waals surface area contributed by atoms with E-state index in [1.165, 1.54) is 4.90 Å². The minimum atomic E-state index is -0.473. The van der Waals surface area contributed by atoms with Crippen LogP contribution in [0.3, 0.4) is 0 Å². The molecule has 1 aliphatic heterocycles. The number of amides is 1. The molecule has 4 rings (SSSR count). The van der Waals surface area contributed by atoms with Gasteiger partial charge in [-0.2, -0.15) is 9.36 Å². The molecule has 0 saturated carbocycles. The van der Waals surface area contributed by atoms with Gasteiger partial charge in [-0.05, 0) is 34.7 Å². The quantitative estimate of drug-likeness (QED) is 0.647. The highest BCUT2D eigenvalue weighted by molar-refractivity contribution is 5.75. The zero-order valence-electron chi connectivity index (χ0n) is 15.3. The SMILES string of the molecule is CN(C[C@H]1COc2ccccc2O1)C(=O)Cn1nnn(-c2ccccc2)c1=O. The first kappa shape index (κ1) is 17.8. The molecule has 3 aromatic rings. The number of nitrogens with zero attached hydrogens (tertiary/aromatic N) is 5. The van der Waals surface area contributed by atoms with Gasteiger partial charge < -0.3 is 14.4 Å². The lowest BCUT2D eigenvalue weighted by Gasteiger charge is -2.29. The molecule has 144 valence electrons. The summed E-state index contributed by atoms with van der Waals surface area (Å²) in [6, 6.07) is 16.3. The van der Waals surface area contributed by atoms with Crippen LogP contribution in [0.2, 0.25) is 0 Å². The maximum absolute atomic E-state index is 12.5. The lowest BCUT2D eigenvalue weighted by atomic mass is 10.2. The van der Waals surface area contributed by atoms with Crippen LogP contribution in [0.25, 0.3) is 5.69 Å². The molecule has 0 N–H and O–H groups in total. The lowest BCUT2D eigenvalue weighted by Crippen LogP contribution is -2.43. The van der Waals surface area contributed by atoms with Crippen LogP contribution in [-0.2, 0) is 11.3 Å². The Kier molecular flexibility index (Phi) is 4.79. The highest BCUT2D eigenvalue weighted by Gasteiger charge is 2.24. The van der Waals surface area contributed by atoms with Gasteiger partial charge in [-0.3, -0.25) is 4.79 Å². The van der Waals surface area contributed by atoms with Gasteiger partial charge in [-0.1, -0.05) is 30.3 Å². The molecule has 0 unspecified atom stereocenters. The largest absolute Gasteiger partial charge is 0.486 e. The third-order valence-electron chi connectivity index (χ3n) is 4.40. The fourth-order valence-corrected chi connectivity index (χ4v) is 2.91. The Hall–Kier alpha value is -3.62. The van der Waals surface area contributed by atoms with Gasteiger partial charge in [0.15, 0.2) is 17.6 Å². The van der Waals surface area contributed by atoms with E-state index >= 15 is 0 Å². The van der Waals surface area contributed by atoms with Crippen LogP contribution >= 0.6 is 0 Å². The van der Waals surface area contributed by atoms with Crippen LogP contribution in [-0.4, -0.2) is 56.9 Å². The summed E-state index contributed by atoms with van der Waals surface area (Å²) in [5.41, 5.74) is 0.116. The maximum Gasteiger partial charge on any atom is 0.368 e. The Balaban J connectivity index is 1.39. The van der Waals surface area contributed by atoms with E-state index in [1.54, 1.807) is 31.3 Å². The van der Waals surface area contributed by atoms with Crippen molar-refractivity contribution in [1.29, 1.82) is 0 Å². The molecule has 0 fully saturated rings. The van der Waals surface area contributed by atoms with E-state index in [0.717, 1.165) is 9.36 Å². The van der Waals surface area contributed by atoms with E-state index in [0.29, 0.717) is 30.3 Å². The number of hydrogen-bond donors (Lipinski definition) is 0. The van der Waals surface area contributed by atoms with Crippen molar-refractivity contribution < 1.29 is 14.3 Å². The number of likely N-dealkylation sites (N-methyl/N-ethyl adjacent to an activating group) is 1. The number of carbonyl (C=O) groups is 1. The van der Waals surface area contributed by atoms with Crippen LogP contribution in [0.15, 0.2) is 59.4 Å². The van der Waals surface area contributed by atoms with Gasteiger partial charge in [-0.15, -0.1) is 0 Å². The maximum atomic E-state index is 12.5. The summed E-state index contributed by atoms with van der Waals surface area (Å²) in [6.07, 6.45) is -0.291. The number of aromatic nitrogens is 4. The van der Waals surface area contributed by atoms with Gasteiger partial charge in [-0.25, -0.2) is 4.79 Å². The molecule has 1 atom stereocenters. The number of benzene rings is 2.